The Balaban J connectivity index is 1.78. The number of nitrogens with zero attached hydrogens (tertiary/aromatic N) is 2. The number of pyridine rings is 1. The minimum atomic E-state index is -0.259. The quantitative estimate of drug-likeness (QED) is 0.667. The van der Waals surface area contributed by atoms with Crippen LogP contribution in [-0.4, -0.2) is 15.9 Å². The highest BCUT2D eigenvalue weighted by Crippen LogP contribution is 2.29. The molecule has 3 rings (SSSR count). The number of anilines is 1. The van der Waals surface area contributed by atoms with Gasteiger partial charge in [0.15, 0.2) is 5.13 Å². The molecule has 4 nitrogen and oxygen atoms in total. The fraction of sp³-hybridized carbons (Fsp3) is 0.211. The summed E-state index contributed by atoms with van der Waals surface area (Å²) in [4.78, 5) is 21.3. The van der Waals surface area contributed by atoms with Gasteiger partial charge in [0.25, 0.3) is 0 Å². The lowest BCUT2D eigenvalue weighted by Gasteiger charge is -2.20. The molecule has 2 heterocycles. The van der Waals surface area contributed by atoms with Crippen LogP contribution in [0.25, 0.3) is 11.3 Å². The molecule has 128 valence electrons. The van der Waals surface area contributed by atoms with Gasteiger partial charge < -0.3 is 5.32 Å². The number of aromatic nitrogens is 2. The van der Waals surface area contributed by atoms with Crippen LogP contribution in [0.4, 0.5) is 5.13 Å². The van der Waals surface area contributed by atoms with Crippen LogP contribution in [0.15, 0.2) is 54.2 Å². The van der Waals surface area contributed by atoms with Crippen molar-refractivity contribution in [3.05, 3.63) is 64.8 Å². The molecule has 0 aliphatic rings. The van der Waals surface area contributed by atoms with Crippen molar-refractivity contribution in [3.8, 4) is 11.3 Å². The molecule has 1 amide bonds. The van der Waals surface area contributed by atoms with E-state index in [0.29, 0.717) is 10.2 Å². The van der Waals surface area contributed by atoms with Gasteiger partial charge in [0.2, 0.25) is 5.91 Å². The summed E-state index contributed by atoms with van der Waals surface area (Å²) in [6.45, 7) is 4.06. The lowest BCUT2D eigenvalue weighted by molar-refractivity contribution is -0.118. The van der Waals surface area contributed by atoms with Crippen molar-refractivity contribution in [1.29, 1.82) is 0 Å². The van der Waals surface area contributed by atoms with E-state index in [0.717, 1.165) is 16.8 Å². The van der Waals surface area contributed by atoms with Gasteiger partial charge in [0.05, 0.1) is 11.6 Å². The van der Waals surface area contributed by atoms with E-state index < -0.39 is 0 Å². The Morgan fingerprint density at radius 1 is 1.12 bits per heavy atom. The van der Waals surface area contributed by atoms with Crippen LogP contribution in [0.2, 0.25) is 5.02 Å². The standard InChI is InChI=1S/C19H18ClN3OS/c1-12(2)17(14-3-5-15(20)6-4-14)18(24)23-19-22-16(11-25-19)13-7-9-21-10-8-13/h3-12,17H,1-2H3,(H,22,23,24)/t17-/m0/s1. The van der Waals surface area contributed by atoms with Gasteiger partial charge in [-0.25, -0.2) is 4.98 Å². The summed E-state index contributed by atoms with van der Waals surface area (Å²) in [5, 5.41) is 6.13. The lowest BCUT2D eigenvalue weighted by atomic mass is 9.88. The van der Waals surface area contributed by atoms with Crippen molar-refractivity contribution in [2.24, 2.45) is 5.92 Å². The van der Waals surface area contributed by atoms with Gasteiger partial charge in [0, 0.05) is 28.4 Å². The molecule has 0 unspecified atom stereocenters. The van der Waals surface area contributed by atoms with Gasteiger partial charge >= 0.3 is 0 Å². The van der Waals surface area contributed by atoms with Crippen molar-refractivity contribution >= 4 is 34.0 Å². The summed E-state index contributed by atoms with van der Waals surface area (Å²) < 4.78 is 0. The molecule has 1 atom stereocenters. The van der Waals surface area contributed by atoms with E-state index in [2.05, 4.69) is 15.3 Å². The summed E-state index contributed by atoms with van der Waals surface area (Å²) >= 11 is 7.37. The SMILES string of the molecule is CC(C)[C@H](C(=O)Nc1nc(-c2ccncc2)cs1)c1ccc(Cl)cc1. The third kappa shape index (κ3) is 4.24. The van der Waals surface area contributed by atoms with Crippen LogP contribution in [0.3, 0.4) is 0 Å². The molecule has 3 aromatic rings. The maximum atomic E-state index is 12.8. The summed E-state index contributed by atoms with van der Waals surface area (Å²) in [5.41, 5.74) is 2.75. The van der Waals surface area contributed by atoms with E-state index in [1.807, 2.05) is 55.6 Å². The number of carbonyl (C=O) groups excluding carboxylic acids is 1. The van der Waals surface area contributed by atoms with Crippen molar-refractivity contribution < 1.29 is 4.79 Å². The Morgan fingerprint density at radius 2 is 1.80 bits per heavy atom. The van der Waals surface area contributed by atoms with E-state index in [-0.39, 0.29) is 17.7 Å². The second-order valence-electron chi connectivity index (χ2n) is 6.04. The van der Waals surface area contributed by atoms with E-state index in [1.54, 1.807) is 12.4 Å². The number of thiazole rings is 1. The first-order valence-electron chi connectivity index (χ1n) is 7.97. The van der Waals surface area contributed by atoms with Crippen LogP contribution < -0.4 is 5.32 Å². The summed E-state index contributed by atoms with van der Waals surface area (Å²) in [5.74, 6) is -0.167. The molecule has 0 aliphatic carbocycles. The number of hydrogen-bond donors (Lipinski definition) is 1. The third-order valence-electron chi connectivity index (χ3n) is 3.89. The number of carbonyl (C=O) groups is 1. The van der Waals surface area contributed by atoms with Gasteiger partial charge in [-0.05, 0) is 35.7 Å². The smallest absolute Gasteiger partial charge is 0.233 e. The highest BCUT2D eigenvalue weighted by molar-refractivity contribution is 7.14. The predicted octanol–water partition coefficient (Wildman–Crippen LogP) is 5.24. The number of nitrogens with one attached hydrogen (secondary N) is 1. The minimum Gasteiger partial charge on any atom is -0.301 e. The fourth-order valence-corrected chi connectivity index (χ4v) is 3.53. The fourth-order valence-electron chi connectivity index (χ4n) is 2.68. The van der Waals surface area contributed by atoms with Gasteiger partial charge in [-0.1, -0.05) is 37.6 Å². The number of hydrogen-bond acceptors (Lipinski definition) is 4. The first kappa shape index (κ1) is 17.6. The molecule has 0 radical (unpaired) electrons. The molecular weight excluding hydrogens is 354 g/mol. The second-order valence-corrected chi connectivity index (χ2v) is 7.33. The maximum absolute atomic E-state index is 12.8. The molecule has 0 aliphatic heterocycles. The molecule has 25 heavy (non-hydrogen) atoms. The van der Waals surface area contributed by atoms with Crippen molar-refractivity contribution in [2.45, 2.75) is 19.8 Å². The molecule has 0 saturated heterocycles. The second kappa shape index (κ2) is 7.76. The predicted molar refractivity (Wildman–Crippen MR) is 103 cm³/mol. The van der Waals surface area contributed by atoms with Crippen molar-refractivity contribution in [1.82, 2.24) is 9.97 Å². The van der Waals surface area contributed by atoms with Crippen LogP contribution in [0.5, 0.6) is 0 Å². The molecule has 6 heteroatoms. The first-order valence-corrected chi connectivity index (χ1v) is 9.22. The number of halogens is 1. The zero-order chi connectivity index (χ0) is 17.8. The zero-order valence-corrected chi connectivity index (χ0v) is 15.5. The molecule has 0 saturated carbocycles. The molecule has 2 aromatic heterocycles. The van der Waals surface area contributed by atoms with E-state index in [9.17, 15) is 4.79 Å². The Bertz CT molecular complexity index is 847. The number of benzene rings is 1. The lowest BCUT2D eigenvalue weighted by Crippen LogP contribution is -2.25. The van der Waals surface area contributed by atoms with Crippen LogP contribution in [-0.2, 0) is 4.79 Å². The third-order valence-corrected chi connectivity index (χ3v) is 4.90. The van der Waals surface area contributed by atoms with Gasteiger partial charge in [-0.2, -0.15) is 0 Å². The summed E-state index contributed by atoms with van der Waals surface area (Å²) in [6.07, 6.45) is 3.45. The van der Waals surface area contributed by atoms with Crippen LogP contribution in [0.1, 0.15) is 25.3 Å². The van der Waals surface area contributed by atoms with Crippen molar-refractivity contribution in [2.75, 3.05) is 5.32 Å². The number of rotatable bonds is 5. The summed E-state index contributed by atoms with van der Waals surface area (Å²) in [7, 11) is 0. The van der Waals surface area contributed by atoms with Crippen molar-refractivity contribution in [3.63, 3.8) is 0 Å². The Morgan fingerprint density at radius 3 is 2.44 bits per heavy atom. The molecular formula is C19H18ClN3OS. The highest BCUT2D eigenvalue weighted by Gasteiger charge is 2.25. The average Bonchev–Trinajstić information content (AvgIpc) is 3.06. The summed E-state index contributed by atoms with van der Waals surface area (Å²) in [6, 6.07) is 11.2. The van der Waals surface area contributed by atoms with E-state index in [1.165, 1.54) is 11.3 Å². The molecule has 0 bridgehead atoms. The molecule has 0 spiro atoms. The molecule has 1 N–H and O–H groups in total. The van der Waals surface area contributed by atoms with Crippen LogP contribution in [0, 0.1) is 5.92 Å². The molecule has 1 aromatic carbocycles. The van der Waals surface area contributed by atoms with Gasteiger partial charge in [-0.15, -0.1) is 11.3 Å². The zero-order valence-electron chi connectivity index (χ0n) is 13.9. The monoisotopic (exact) mass is 371 g/mol. The van der Waals surface area contributed by atoms with E-state index in [4.69, 9.17) is 11.6 Å². The molecule has 0 fully saturated rings. The highest BCUT2D eigenvalue weighted by atomic mass is 35.5. The first-order chi connectivity index (χ1) is 12.0. The van der Waals surface area contributed by atoms with Crippen LogP contribution >= 0.6 is 22.9 Å². The maximum Gasteiger partial charge on any atom is 0.233 e. The van der Waals surface area contributed by atoms with Gasteiger partial charge in [-0.3, -0.25) is 9.78 Å². The topological polar surface area (TPSA) is 54.9 Å². The van der Waals surface area contributed by atoms with E-state index >= 15 is 0 Å². The largest absolute Gasteiger partial charge is 0.301 e. The Labute approximate surface area is 155 Å². The normalized spacial score (nSPS) is 12.2. The minimum absolute atomic E-state index is 0.0621. The Hall–Kier alpha value is -2.24. The number of amides is 1. The average molecular weight is 372 g/mol. The van der Waals surface area contributed by atoms with Gasteiger partial charge in [0.1, 0.15) is 0 Å². The Kier molecular flexibility index (Phi) is 5.46.